The third kappa shape index (κ3) is 3.07. The second-order valence-electron chi connectivity index (χ2n) is 3.91. The maximum atomic E-state index is 13.5. The summed E-state index contributed by atoms with van der Waals surface area (Å²) in [4.78, 5) is 8.37. The molecule has 1 aromatic heterocycles. The molecule has 1 aromatic carbocycles. The monoisotopic (exact) mass is 249 g/mol. The lowest BCUT2D eigenvalue weighted by Crippen LogP contribution is -2.09. The van der Waals surface area contributed by atoms with E-state index in [4.69, 9.17) is 0 Å². The molecule has 0 atom stereocenters. The van der Waals surface area contributed by atoms with Crippen LogP contribution in [0, 0.1) is 11.6 Å². The third-order valence-corrected chi connectivity index (χ3v) is 2.48. The van der Waals surface area contributed by atoms with Crippen molar-refractivity contribution >= 4 is 0 Å². The largest absolute Gasteiger partial charge is 0.314 e. The van der Waals surface area contributed by atoms with E-state index in [0.29, 0.717) is 17.9 Å². The van der Waals surface area contributed by atoms with E-state index in [1.54, 1.807) is 12.3 Å². The van der Waals surface area contributed by atoms with Crippen molar-refractivity contribution in [3.8, 4) is 0 Å². The molecule has 0 fully saturated rings. The second-order valence-corrected chi connectivity index (χ2v) is 3.91. The number of hydrogen-bond donors (Lipinski definition) is 1. The van der Waals surface area contributed by atoms with Crippen molar-refractivity contribution in [3.05, 3.63) is 59.2 Å². The summed E-state index contributed by atoms with van der Waals surface area (Å²) >= 11 is 0. The van der Waals surface area contributed by atoms with Crippen LogP contribution in [0.2, 0.25) is 0 Å². The zero-order valence-electron chi connectivity index (χ0n) is 9.95. The molecule has 0 aliphatic carbocycles. The highest BCUT2D eigenvalue weighted by Gasteiger charge is 2.07. The maximum absolute atomic E-state index is 13.5. The van der Waals surface area contributed by atoms with E-state index in [2.05, 4.69) is 15.3 Å². The van der Waals surface area contributed by atoms with E-state index < -0.39 is 11.6 Å². The first-order valence-electron chi connectivity index (χ1n) is 5.58. The van der Waals surface area contributed by atoms with Gasteiger partial charge in [-0.05, 0) is 24.7 Å². The lowest BCUT2D eigenvalue weighted by Gasteiger charge is -2.04. The van der Waals surface area contributed by atoms with Gasteiger partial charge in [0.15, 0.2) is 0 Å². The molecule has 0 spiro atoms. The molecule has 18 heavy (non-hydrogen) atoms. The van der Waals surface area contributed by atoms with Crippen LogP contribution in [-0.4, -0.2) is 17.0 Å². The standard InChI is InChI=1S/C13H13F2N3/c1-16-8-11-4-5-17-13(18-11)6-9-2-3-10(14)7-12(9)15/h2-5,7,16H,6,8H2,1H3. The molecule has 1 heterocycles. The first kappa shape index (κ1) is 12.6. The summed E-state index contributed by atoms with van der Waals surface area (Å²) < 4.78 is 26.2. The zero-order valence-corrected chi connectivity index (χ0v) is 9.95. The molecule has 0 bridgehead atoms. The fourth-order valence-corrected chi connectivity index (χ4v) is 1.64. The van der Waals surface area contributed by atoms with Crippen LogP contribution in [0.1, 0.15) is 17.1 Å². The van der Waals surface area contributed by atoms with Crippen molar-refractivity contribution in [2.75, 3.05) is 7.05 Å². The van der Waals surface area contributed by atoms with Gasteiger partial charge in [0, 0.05) is 25.2 Å². The Morgan fingerprint density at radius 2 is 2.06 bits per heavy atom. The van der Waals surface area contributed by atoms with Crippen molar-refractivity contribution in [1.82, 2.24) is 15.3 Å². The first-order valence-corrected chi connectivity index (χ1v) is 5.58. The molecule has 3 nitrogen and oxygen atoms in total. The molecule has 94 valence electrons. The Kier molecular flexibility index (Phi) is 3.94. The van der Waals surface area contributed by atoms with Gasteiger partial charge in [-0.25, -0.2) is 18.7 Å². The summed E-state index contributed by atoms with van der Waals surface area (Å²) in [5.41, 5.74) is 1.23. The number of rotatable bonds is 4. The van der Waals surface area contributed by atoms with Gasteiger partial charge in [-0.15, -0.1) is 0 Å². The van der Waals surface area contributed by atoms with Crippen molar-refractivity contribution in [2.24, 2.45) is 0 Å². The fourth-order valence-electron chi connectivity index (χ4n) is 1.64. The molecule has 2 aromatic rings. The number of hydrogen-bond acceptors (Lipinski definition) is 3. The smallest absolute Gasteiger partial charge is 0.133 e. The van der Waals surface area contributed by atoms with E-state index in [1.165, 1.54) is 12.1 Å². The Bertz CT molecular complexity index is 544. The van der Waals surface area contributed by atoms with Crippen LogP contribution in [0.3, 0.4) is 0 Å². The number of nitrogens with one attached hydrogen (secondary N) is 1. The van der Waals surface area contributed by atoms with Gasteiger partial charge in [-0.1, -0.05) is 6.07 Å². The minimum absolute atomic E-state index is 0.254. The lowest BCUT2D eigenvalue weighted by atomic mass is 10.1. The molecule has 0 unspecified atom stereocenters. The fraction of sp³-hybridized carbons (Fsp3) is 0.231. The predicted molar refractivity (Wildman–Crippen MR) is 64.0 cm³/mol. The van der Waals surface area contributed by atoms with Crippen LogP contribution >= 0.6 is 0 Å². The Balaban J connectivity index is 2.20. The van der Waals surface area contributed by atoms with E-state index in [9.17, 15) is 8.78 Å². The minimum atomic E-state index is -0.582. The highest BCUT2D eigenvalue weighted by molar-refractivity contribution is 5.22. The lowest BCUT2D eigenvalue weighted by molar-refractivity contribution is 0.573. The van der Waals surface area contributed by atoms with Gasteiger partial charge < -0.3 is 5.32 Å². The van der Waals surface area contributed by atoms with Crippen LogP contribution in [0.25, 0.3) is 0 Å². The predicted octanol–water partition coefficient (Wildman–Crippen LogP) is 2.06. The highest BCUT2D eigenvalue weighted by atomic mass is 19.1. The number of nitrogens with zero attached hydrogens (tertiary/aromatic N) is 2. The molecule has 0 aliphatic rings. The quantitative estimate of drug-likeness (QED) is 0.901. The van der Waals surface area contributed by atoms with Gasteiger partial charge >= 0.3 is 0 Å². The summed E-state index contributed by atoms with van der Waals surface area (Å²) in [7, 11) is 1.82. The van der Waals surface area contributed by atoms with Crippen LogP contribution in [0.5, 0.6) is 0 Å². The summed E-state index contributed by atoms with van der Waals surface area (Å²) in [5.74, 6) is -0.632. The van der Waals surface area contributed by atoms with Crippen LogP contribution in [0.4, 0.5) is 8.78 Å². The van der Waals surface area contributed by atoms with Gasteiger partial charge in [-0.2, -0.15) is 0 Å². The van der Waals surface area contributed by atoms with Crippen molar-refractivity contribution < 1.29 is 8.78 Å². The number of benzene rings is 1. The minimum Gasteiger partial charge on any atom is -0.314 e. The van der Waals surface area contributed by atoms with Crippen molar-refractivity contribution in [3.63, 3.8) is 0 Å². The van der Waals surface area contributed by atoms with Crippen molar-refractivity contribution in [1.29, 1.82) is 0 Å². The number of halogens is 2. The third-order valence-electron chi connectivity index (χ3n) is 2.48. The normalized spacial score (nSPS) is 10.6. The Morgan fingerprint density at radius 1 is 1.22 bits per heavy atom. The van der Waals surface area contributed by atoms with Gasteiger partial charge in [0.25, 0.3) is 0 Å². The Morgan fingerprint density at radius 3 is 2.78 bits per heavy atom. The molecule has 0 amide bonds. The summed E-state index contributed by atoms with van der Waals surface area (Å²) in [6, 6.07) is 5.31. The van der Waals surface area contributed by atoms with E-state index in [0.717, 1.165) is 11.8 Å². The molecule has 1 N–H and O–H groups in total. The van der Waals surface area contributed by atoms with Gasteiger partial charge in [-0.3, -0.25) is 0 Å². The first-order chi connectivity index (χ1) is 8.69. The number of aromatic nitrogens is 2. The van der Waals surface area contributed by atoms with Crippen LogP contribution < -0.4 is 5.32 Å². The van der Waals surface area contributed by atoms with Crippen LogP contribution in [0.15, 0.2) is 30.5 Å². The van der Waals surface area contributed by atoms with E-state index >= 15 is 0 Å². The highest BCUT2D eigenvalue weighted by Crippen LogP contribution is 2.12. The zero-order chi connectivity index (χ0) is 13.0. The Hall–Kier alpha value is -1.88. The SMILES string of the molecule is CNCc1ccnc(Cc2ccc(F)cc2F)n1. The summed E-state index contributed by atoms with van der Waals surface area (Å²) in [5, 5.41) is 2.98. The van der Waals surface area contributed by atoms with Gasteiger partial charge in [0.1, 0.15) is 17.5 Å². The summed E-state index contributed by atoms with van der Waals surface area (Å²) in [6.45, 7) is 0.626. The molecular weight excluding hydrogens is 236 g/mol. The second kappa shape index (κ2) is 5.64. The van der Waals surface area contributed by atoms with Crippen LogP contribution in [-0.2, 0) is 13.0 Å². The topological polar surface area (TPSA) is 37.8 Å². The molecule has 0 saturated carbocycles. The Labute approximate surface area is 104 Å². The molecule has 0 radical (unpaired) electrons. The average Bonchev–Trinajstić information content (AvgIpc) is 2.34. The van der Waals surface area contributed by atoms with Crippen molar-refractivity contribution in [2.45, 2.75) is 13.0 Å². The maximum Gasteiger partial charge on any atom is 0.133 e. The van der Waals surface area contributed by atoms with E-state index in [1.807, 2.05) is 7.05 Å². The molecule has 5 heteroatoms. The molecule has 2 rings (SSSR count). The average molecular weight is 249 g/mol. The molecule has 0 aliphatic heterocycles. The van der Waals surface area contributed by atoms with Gasteiger partial charge in [0.05, 0.1) is 5.69 Å². The summed E-state index contributed by atoms with van der Waals surface area (Å²) in [6.07, 6.45) is 1.89. The van der Waals surface area contributed by atoms with Gasteiger partial charge in [0.2, 0.25) is 0 Å². The van der Waals surface area contributed by atoms with E-state index in [-0.39, 0.29) is 6.42 Å². The molecular formula is C13H13F2N3. The molecule has 0 saturated heterocycles.